The van der Waals surface area contributed by atoms with Gasteiger partial charge in [-0.1, -0.05) is 12.0 Å². The summed E-state index contributed by atoms with van der Waals surface area (Å²) < 4.78 is 2.01. The molecule has 7 nitrogen and oxygen atoms in total. The molecular weight excluding hydrogens is 364 g/mol. The first-order chi connectivity index (χ1) is 14.1. The van der Waals surface area contributed by atoms with E-state index in [9.17, 15) is 4.79 Å². The smallest absolute Gasteiger partial charge is 0.269 e. The van der Waals surface area contributed by atoms with Crippen LogP contribution in [0.1, 0.15) is 27.4 Å². The molecule has 142 valence electrons. The highest BCUT2D eigenvalue weighted by atomic mass is 16.1. The van der Waals surface area contributed by atoms with E-state index in [1.807, 2.05) is 41.8 Å². The Balaban J connectivity index is 1.78. The van der Waals surface area contributed by atoms with E-state index in [1.54, 1.807) is 31.4 Å². The minimum absolute atomic E-state index is 0.243. The Morgan fingerprint density at radius 3 is 2.72 bits per heavy atom. The number of nitrogen functional groups attached to an aromatic ring is 1. The summed E-state index contributed by atoms with van der Waals surface area (Å²) in [6, 6.07) is 12.9. The van der Waals surface area contributed by atoms with Gasteiger partial charge in [-0.15, -0.1) is 0 Å². The molecule has 0 bridgehead atoms. The second-order valence-electron chi connectivity index (χ2n) is 6.37. The molecule has 0 radical (unpaired) electrons. The molecule has 0 saturated heterocycles. The van der Waals surface area contributed by atoms with Gasteiger partial charge >= 0.3 is 0 Å². The second kappa shape index (κ2) is 7.44. The molecule has 4 rings (SSSR count). The van der Waals surface area contributed by atoms with Crippen molar-refractivity contribution >= 4 is 17.4 Å². The normalized spacial score (nSPS) is 10.4. The highest BCUT2D eigenvalue weighted by Gasteiger charge is 2.14. The lowest BCUT2D eigenvalue weighted by molar-refractivity contribution is 0.0958. The van der Waals surface area contributed by atoms with E-state index in [-0.39, 0.29) is 5.91 Å². The molecule has 29 heavy (non-hydrogen) atoms. The van der Waals surface area contributed by atoms with Crippen molar-refractivity contribution in [3.05, 3.63) is 77.5 Å². The molecule has 0 spiro atoms. The van der Waals surface area contributed by atoms with Gasteiger partial charge in [0.2, 0.25) is 0 Å². The number of pyridine rings is 3. The van der Waals surface area contributed by atoms with E-state index in [0.29, 0.717) is 22.8 Å². The van der Waals surface area contributed by atoms with Gasteiger partial charge in [0, 0.05) is 30.6 Å². The number of aromatic nitrogens is 4. The second-order valence-corrected chi connectivity index (χ2v) is 6.37. The molecule has 4 aromatic rings. The van der Waals surface area contributed by atoms with Crippen LogP contribution in [0.25, 0.3) is 16.9 Å². The third kappa shape index (κ3) is 3.51. The minimum atomic E-state index is -0.243. The average molecular weight is 382 g/mol. The summed E-state index contributed by atoms with van der Waals surface area (Å²) in [5, 5.41) is 2.54. The van der Waals surface area contributed by atoms with E-state index >= 15 is 0 Å². The zero-order chi connectivity index (χ0) is 20.4. The molecule has 0 saturated carbocycles. The van der Waals surface area contributed by atoms with Crippen LogP contribution in [0.5, 0.6) is 0 Å². The number of imidazole rings is 1. The molecule has 0 aliphatic rings. The quantitative estimate of drug-likeness (QED) is 0.519. The molecule has 1 amide bonds. The average Bonchev–Trinajstić information content (AvgIpc) is 3.08. The highest BCUT2D eigenvalue weighted by molar-refractivity contribution is 5.92. The first-order valence-electron chi connectivity index (χ1n) is 8.97. The Bertz CT molecular complexity index is 1280. The zero-order valence-electron chi connectivity index (χ0n) is 16.0. The van der Waals surface area contributed by atoms with E-state index in [2.05, 4.69) is 32.1 Å². The van der Waals surface area contributed by atoms with Crippen LogP contribution >= 0.6 is 0 Å². The molecule has 0 aromatic carbocycles. The van der Waals surface area contributed by atoms with Crippen molar-refractivity contribution in [2.24, 2.45) is 0 Å². The van der Waals surface area contributed by atoms with Gasteiger partial charge in [-0.2, -0.15) is 0 Å². The maximum Gasteiger partial charge on any atom is 0.269 e. The highest BCUT2D eigenvalue weighted by Crippen LogP contribution is 2.27. The number of nitrogens with one attached hydrogen (secondary N) is 1. The summed E-state index contributed by atoms with van der Waals surface area (Å²) in [6.45, 7) is 1.96. The van der Waals surface area contributed by atoms with Crippen LogP contribution in [0.15, 0.2) is 54.9 Å². The summed E-state index contributed by atoms with van der Waals surface area (Å²) >= 11 is 0. The molecule has 0 atom stereocenters. The van der Waals surface area contributed by atoms with Crippen LogP contribution in [-0.2, 0) is 0 Å². The fourth-order valence-electron chi connectivity index (χ4n) is 3.06. The Hall–Kier alpha value is -4.18. The molecule has 0 unspecified atom stereocenters. The Morgan fingerprint density at radius 2 is 1.97 bits per heavy atom. The summed E-state index contributed by atoms with van der Waals surface area (Å²) in [7, 11) is 1.56. The lowest BCUT2D eigenvalue weighted by Gasteiger charge is -2.06. The Kier molecular flexibility index (Phi) is 4.67. The summed E-state index contributed by atoms with van der Waals surface area (Å²) in [5.74, 6) is 6.28. The van der Waals surface area contributed by atoms with Crippen LogP contribution < -0.4 is 11.1 Å². The van der Waals surface area contributed by atoms with E-state index in [1.165, 1.54) is 0 Å². The van der Waals surface area contributed by atoms with Crippen molar-refractivity contribution in [2.45, 2.75) is 6.92 Å². The van der Waals surface area contributed by atoms with Gasteiger partial charge in [0.15, 0.2) is 0 Å². The molecule has 0 aliphatic heterocycles. The number of carbonyl (C=O) groups is 1. The topological polar surface area (TPSA) is 98.2 Å². The number of aryl methyl sites for hydroxylation is 1. The van der Waals surface area contributed by atoms with Gasteiger partial charge in [-0.3, -0.25) is 9.20 Å². The van der Waals surface area contributed by atoms with Gasteiger partial charge in [0.1, 0.15) is 22.9 Å². The molecule has 4 heterocycles. The van der Waals surface area contributed by atoms with Crippen LogP contribution in [-0.4, -0.2) is 32.3 Å². The lowest BCUT2D eigenvalue weighted by atomic mass is 10.1. The summed E-state index contributed by atoms with van der Waals surface area (Å²) in [6.07, 6.45) is 3.52. The van der Waals surface area contributed by atoms with Crippen molar-refractivity contribution in [2.75, 3.05) is 12.8 Å². The fourth-order valence-corrected chi connectivity index (χ4v) is 3.06. The van der Waals surface area contributed by atoms with Gasteiger partial charge in [0.25, 0.3) is 5.91 Å². The van der Waals surface area contributed by atoms with Crippen LogP contribution in [0.2, 0.25) is 0 Å². The predicted octanol–water partition coefficient (Wildman–Crippen LogP) is 2.44. The number of hydrogen-bond acceptors (Lipinski definition) is 5. The largest absolute Gasteiger partial charge is 0.384 e. The number of nitrogens with zero attached hydrogens (tertiary/aromatic N) is 4. The van der Waals surface area contributed by atoms with Crippen molar-refractivity contribution in [3.63, 3.8) is 0 Å². The number of amides is 1. The lowest BCUT2D eigenvalue weighted by Crippen LogP contribution is -2.18. The number of fused-ring (bicyclic) bond motifs is 1. The van der Waals surface area contributed by atoms with E-state index < -0.39 is 0 Å². The molecule has 0 fully saturated rings. The van der Waals surface area contributed by atoms with E-state index in [4.69, 9.17) is 5.73 Å². The molecular formula is C22H18N6O. The number of hydrogen-bond donors (Lipinski definition) is 2. The van der Waals surface area contributed by atoms with Crippen molar-refractivity contribution in [1.29, 1.82) is 0 Å². The molecule has 3 N–H and O–H groups in total. The Labute approximate surface area is 167 Å². The van der Waals surface area contributed by atoms with Crippen LogP contribution in [0.4, 0.5) is 5.82 Å². The number of carbonyl (C=O) groups excluding carboxylic acids is 1. The maximum absolute atomic E-state index is 11.6. The standard InChI is InChI=1S/C22H18N6O/c1-14-21(28-12-4-3-5-20(28)26-14)16-8-11-19(23)27-17(16)9-6-15-7-10-18(25-13-15)22(29)24-2/h3-5,7-8,10-13H,1-2H3,(H2,23,27)(H,24,29). The van der Waals surface area contributed by atoms with Crippen LogP contribution in [0, 0.1) is 18.8 Å². The zero-order valence-corrected chi connectivity index (χ0v) is 16.0. The minimum Gasteiger partial charge on any atom is -0.384 e. The SMILES string of the molecule is CNC(=O)c1ccc(C#Cc2nc(N)ccc2-c2c(C)nc3ccccn23)cn1. The van der Waals surface area contributed by atoms with Crippen LogP contribution in [0.3, 0.4) is 0 Å². The third-order valence-corrected chi connectivity index (χ3v) is 4.42. The number of anilines is 1. The number of nitrogens with two attached hydrogens (primary N) is 1. The maximum atomic E-state index is 11.6. The van der Waals surface area contributed by atoms with Crippen molar-refractivity contribution in [1.82, 2.24) is 24.7 Å². The van der Waals surface area contributed by atoms with Gasteiger partial charge < -0.3 is 11.1 Å². The third-order valence-electron chi connectivity index (χ3n) is 4.42. The van der Waals surface area contributed by atoms with Gasteiger partial charge in [-0.25, -0.2) is 15.0 Å². The summed E-state index contributed by atoms with van der Waals surface area (Å²) in [5.41, 5.74) is 11.0. The van der Waals surface area contributed by atoms with Crippen molar-refractivity contribution in [3.8, 4) is 23.1 Å². The first-order valence-corrected chi connectivity index (χ1v) is 8.97. The fraction of sp³-hybridized carbons (Fsp3) is 0.0909. The monoisotopic (exact) mass is 382 g/mol. The van der Waals surface area contributed by atoms with Gasteiger partial charge in [0.05, 0.1) is 11.4 Å². The van der Waals surface area contributed by atoms with Crippen molar-refractivity contribution < 1.29 is 4.79 Å². The Morgan fingerprint density at radius 1 is 1.10 bits per heavy atom. The predicted molar refractivity (Wildman–Crippen MR) is 111 cm³/mol. The van der Waals surface area contributed by atoms with Gasteiger partial charge in [-0.05, 0) is 49.2 Å². The molecule has 7 heteroatoms. The van der Waals surface area contributed by atoms with E-state index in [0.717, 1.165) is 22.6 Å². The summed E-state index contributed by atoms with van der Waals surface area (Å²) in [4.78, 5) is 24.8. The molecule has 4 aromatic heterocycles. The number of rotatable bonds is 2. The molecule has 0 aliphatic carbocycles. The first kappa shape index (κ1) is 18.2.